The molecule has 1 N–H and O–H groups in total. The van der Waals surface area contributed by atoms with Crippen molar-refractivity contribution in [2.75, 3.05) is 38.1 Å². The van der Waals surface area contributed by atoms with Gasteiger partial charge < -0.3 is 20.2 Å². The molecule has 1 aliphatic rings. The van der Waals surface area contributed by atoms with E-state index in [9.17, 15) is 10.1 Å². The van der Waals surface area contributed by atoms with Gasteiger partial charge in [-0.25, -0.2) is 4.98 Å². The molecular weight excluding hydrogens is 312 g/mol. The largest absolute Gasteiger partial charge is 0.374 e. The summed E-state index contributed by atoms with van der Waals surface area (Å²) in [6.45, 7) is 8.64. The molecule has 130 valence electrons. The van der Waals surface area contributed by atoms with E-state index in [4.69, 9.17) is 4.74 Å². The average Bonchev–Trinajstić information content (AvgIpc) is 2.96. The van der Waals surface area contributed by atoms with Crippen molar-refractivity contribution in [1.82, 2.24) is 19.5 Å². The molecule has 0 aromatic carbocycles. The Labute approximate surface area is 139 Å². The molecule has 0 bridgehead atoms. The van der Waals surface area contributed by atoms with Crippen LogP contribution in [0.5, 0.6) is 0 Å². The van der Waals surface area contributed by atoms with Gasteiger partial charge in [-0.15, -0.1) is 0 Å². The predicted molar refractivity (Wildman–Crippen MR) is 89.1 cm³/mol. The number of fused-ring (bicyclic) bond motifs is 1. The Bertz CT molecular complexity index is 716. The second-order valence-electron chi connectivity index (χ2n) is 6.39. The predicted octanol–water partition coefficient (Wildman–Crippen LogP) is 1.41. The zero-order valence-corrected chi connectivity index (χ0v) is 13.9. The van der Waals surface area contributed by atoms with Crippen molar-refractivity contribution in [2.45, 2.75) is 20.0 Å². The number of hydrogen-bond donors (Lipinski definition) is 1. The van der Waals surface area contributed by atoms with Crippen molar-refractivity contribution in [1.29, 1.82) is 0 Å². The lowest BCUT2D eigenvalue weighted by Gasteiger charge is -2.33. The van der Waals surface area contributed by atoms with Gasteiger partial charge in [0, 0.05) is 32.2 Å². The summed E-state index contributed by atoms with van der Waals surface area (Å²) in [5.74, 6) is 1.04. The summed E-state index contributed by atoms with van der Waals surface area (Å²) < 4.78 is 7.02. The highest BCUT2D eigenvalue weighted by Crippen LogP contribution is 2.15. The number of ether oxygens (including phenoxy) is 1. The number of nitro groups is 1. The zero-order chi connectivity index (χ0) is 17.1. The van der Waals surface area contributed by atoms with Crippen molar-refractivity contribution in [2.24, 2.45) is 5.92 Å². The van der Waals surface area contributed by atoms with Crippen molar-refractivity contribution in [3.8, 4) is 0 Å². The molecule has 9 heteroatoms. The van der Waals surface area contributed by atoms with E-state index in [0.717, 1.165) is 26.2 Å². The minimum Gasteiger partial charge on any atom is -0.374 e. The second kappa shape index (κ2) is 7.10. The molecule has 24 heavy (non-hydrogen) atoms. The van der Waals surface area contributed by atoms with Gasteiger partial charge in [0.1, 0.15) is 6.20 Å². The Kier molecular flexibility index (Phi) is 4.91. The maximum absolute atomic E-state index is 11.0. The van der Waals surface area contributed by atoms with Crippen LogP contribution in [0.1, 0.15) is 13.8 Å². The number of morpholine rings is 1. The molecule has 1 fully saturated rings. The number of rotatable bonds is 6. The number of imidazole rings is 1. The van der Waals surface area contributed by atoms with E-state index in [0.29, 0.717) is 23.9 Å². The van der Waals surface area contributed by atoms with Crippen LogP contribution < -0.4 is 5.32 Å². The molecule has 0 radical (unpaired) electrons. The highest BCUT2D eigenvalue weighted by atomic mass is 16.6. The third-order valence-electron chi connectivity index (χ3n) is 3.89. The van der Waals surface area contributed by atoms with Gasteiger partial charge in [0.2, 0.25) is 5.65 Å². The average molecular weight is 334 g/mol. The van der Waals surface area contributed by atoms with Crippen LogP contribution in [0.25, 0.3) is 5.65 Å². The van der Waals surface area contributed by atoms with Crippen molar-refractivity contribution in [3.63, 3.8) is 0 Å². The molecule has 2 aromatic rings. The first kappa shape index (κ1) is 16.6. The Morgan fingerprint density at radius 1 is 1.50 bits per heavy atom. The van der Waals surface area contributed by atoms with Crippen molar-refractivity contribution < 1.29 is 9.66 Å². The molecule has 2 aromatic heterocycles. The first-order valence-corrected chi connectivity index (χ1v) is 8.10. The third-order valence-corrected chi connectivity index (χ3v) is 3.89. The molecule has 9 nitrogen and oxygen atoms in total. The third kappa shape index (κ3) is 3.80. The van der Waals surface area contributed by atoms with Gasteiger partial charge in [-0.05, 0) is 16.9 Å². The van der Waals surface area contributed by atoms with Crippen LogP contribution >= 0.6 is 0 Å². The molecule has 1 aliphatic heterocycles. The van der Waals surface area contributed by atoms with Crippen molar-refractivity contribution >= 4 is 17.3 Å². The summed E-state index contributed by atoms with van der Waals surface area (Å²) >= 11 is 0. The molecule has 3 rings (SSSR count). The van der Waals surface area contributed by atoms with Gasteiger partial charge in [-0.1, -0.05) is 23.5 Å². The quantitative estimate of drug-likeness (QED) is 0.630. The summed E-state index contributed by atoms with van der Waals surface area (Å²) in [5.41, 5.74) is 0.448. The lowest BCUT2D eigenvalue weighted by atomic mass is 10.2. The van der Waals surface area contributed by atoms with Gasteiger partial charge in [0.05, 0.1) is 12.7 Å². The van der Waals surface area contributed by atoms with Crippen LogP contribution in [-0.4, -0.2) is 63.3 Å². The molecule has 1 unspecified atom stereocenters. The molecule has 1 saturated heterocycles. The van der Waals surface area contributed by atoms with Gasteiger partial charge in [0.15, 0.2) is 5.82 Å². The van der Waals surface area contributed by atoms with Crippen LogP contribution in [0.3, 0.4) is 0 Å². The maximum atomic E-state index is 11.0. The highest BCUT2D eigenvalue weighted by molar-refractivity contribution is 5.48. The monoisotopic (exact) mass is 334 g/mol. The van der Waals surface area contributed by atoms with E-state index in [1.807, 2.05) is 0 Å². The second-order valence-corrected chi connectivity index (χ2v) is 6.39. The summed E-state index contributed by atoms with van der Waals surface area (Å²) in [4.78, 5) is 16.8. The Morgan fingerprint density at radius 2 is 2.33 bits per heavy atom. The van der Waals surface area contributed by atoms with E-state index >= 15 is 0 Å². The summed E-state index contributed by atoms with van der Waals surface area (Å²) in [5, 5.41) is 18.4. The molecule has 1 atom stereocenters. The fraction of sp³-hybridized carbons (Fsp3) is 0.600. The standard InChI is InChI=1S/C15H22N6O3/c1-11(2)9-19-5-6-24-12(10-19)7-16-13-3-4-14-17-8-15(21(22)23)20(14)18-13/h3-4,8,11-12H,5-7,9-10H2,1-2H3,(H,16,18). The maximum Gasteiger partial charge on any atom is 0.368 e. The minimum atomic E-state index is -0.495. The summed E-state index contributed by atoms with van der Waals surface area (Å²) in [6.07, 6.45) is 1.29. The van der Waals surface area contributed by atoms with E-state index in [-0.39, 0.29) is 11.9 Å². The number of anilines is 1. The lowest BCUT2D eigenvalue weighted by molar-refractivity contribution is -0.391. The van der Waals surface area contributed by atoms with E-state index in [1.165, 1.54) is 10.7 Å². The Hall–Kier alpha value is -2.26. The van der Waals surface area contributed by atoms with Gasteiger partial charge >= 0.3 is 5.82 Å². The highest BCUT2D eigenvalue weighted by Gasteiger charge is 2.21. The van der Waals surface area contributed by atoms with Crippen LogP contribution in [0.4, 0.5) is 11.6 Å². The van der Waals surface area contributed by atoms with Crippen LogP contribution in [0.2, 0.25) is 0 Å². The number of aromatic nitrogens is 3. The summed E-state index contributed by atoms with van der Waals surface area (Å²) in [6, 6.07) is 3.47. The molecule has 0 saturated carbocycles. The lowest BCUT2D eigenvalue weighted by Crippen LogP contribution is -2.46. The summed E-state index contributed by atoms with van der Waals surface area (Å²) in [7, 11) is 0. The van der Waals surface area contributed by atoms with Crippen LogP contribution in [0, 0.1) is 16.0 Å². The topological polar surface area (TPSA) is 97.8 Å². The molecular formula is C15H22N6O3. The SMILES string of the molecule is CC(C)CN1CCOC(CNc2ccc3ncc([N+](=O)[O-])n3n2)C1. The Morgan fingerprint density at radius 3 is 3.08 bits per heavy atom. The van der Waals surface area contributed by atoms with Crippen LogP contribution in [-0.2, 0) is 4.74 Å². The van der Waals surface area contributed by atoms with E-state index < -0.39 is 4.92 Å². The van der Waals surface area contributed by atoms with Crippen LogP contribution in [0.15, 0.2) is 18.3 Å². The molecule has 0 aliphatic carbocycles. The normalized spacial score (nSPS) is 19.0. The number of nitrogens with zero attached hydrogens (tertiary/aromatic N) is 5. The molecule has 0 spiro atoms. The fourth-order valence-corrected chi connectivity index (χ4v) is 2.88. The Balaban J connectivity index is 1.63. The van der Waals surface area contributed by atoms with Crippen molar-refractivity contribution in [3.05, 3.63) is 28.4 Å². The number of hydrogen-bond acceptors (Lipinski definition) is 7. The van der Waals surface area contributed by atoms with E-state index in [1.54, 1.807) is 12.1 Å². The fourth-order valence-electron chi connectivity index (χ4n) is 2.88. The van der Waals surface area contributed by atoms with Gasteiger partial charge in [-0.2, -0.15) is 0 Å². The zero-order valence-electron chi connectivity index (χ0n) is 13.9. The first-order valence-electron chi connectivity index (χ1n) is 8.10. The minimum absolute atomic E-state index is 0.0766. The van der Waals surface area contributed by atoms with E-state index in [2.05, 4.69) is 34.1 Å². The smallest absolute Gasteiger partial charge is 0.368 e. The first-order chi connectivity index (χ1) is 11.5. The molecule has 0 amide bonds. The van der Waals surface area contributed by atoms with Gasteiger partial charge in [0.25, 0.3) is 0 Å². The molecule has 3 heterocycles. The number of nitrogens with one attached hydrogen (secondary N) is 1. The van der Waals surface area contributed by atoms with Gasteiger partial charge in [-0.3, -0.25) is 4.90 Å².